The van der Waals surface area contributed by atoms with E-state index < -0.39 is 0 Å². The largest absolute Gasteiger partial charge is 0.447 e. The van der Waals surface area contributed by atoms with Crippen molar-refractivity contribution in [1.82, 2.24) is 20.1 Å². The zero-order chi connectivity index (χ0) is 18.4. The van der Waals surface area contributed by atoms with Gasteiger partial charge < -0.3 is 9.73 Å². The number of aromatic nitrogens is 1. The van der Waals surface area contributed by atoms with Crippen LogP contribution in [0, 0.1) is 6.92 Å². The molecule has 1 N–H and O–H groups in total. The van der Waals surface area contributed by atoms with E-state index >= 15 is 0 Å². The summed E-state index contributed by atoms with van der Waals surface area (Å²) in [4.78, 5) is 21.0. The Kier molecular flexibility index (Phi) is 6.41. The fraction of sp³-hybridized carbons (Fsp3) is 0.500. The van der Waals surface area contributed by atoms with Gasteiger partial charge in [-0.1, -0.05) is 36.8 Å². The lowest BCUT2D eigenvalue weighted by atomic mass is 10.1. The maximum absolute atomic E-state index is 11.9. The van der Waals surface area contributed by atoms with E-state index in [1.54, 1.807) is 0 Å². The number of benzene rings is 1. The molecule has 0 bridgehead atoms. The van der Waals surface area contributed by atoms with Crippen LogP contribution in [0.2, 0.25) is 0 Å². The standard InChI is InChI=1S/C20H28N4O2/c1-3-8-21-20(25)18-15-26-19(22-18)14-24-11-9-23(10-12-24)13-17-6-4-16(2)5-7-17/h4-7,15H,3,8-14H2,1-2H3,(H,21,25). The van der Waals surface area contributed by atoms with Gasteiger partial charge in [-0.15, -0.1) is 0 Å². The molecule has 1 aromatic heterocycles. The van der Waals surface area contributed by atoms with Gasteiger partial charge in [0, 0.05) is 39.3 Å². The molecule has 140 valence electrons. The van der Waals surface area contributed by atoms with Gasteiger partial charge in [0.25, 0.3) is 5.91 Å². The quantitative estimate of drug-likeness (QED) is 0.826. The zero-order valence-corrected chi connectivity index (χ0v) is 15.7. The minimum Gasteiger partial charge on any atom is -0.447 e. The molecule has 1 amide bonds. The molecule has 2 aromatic rings. The van der Waals surface area contributed by atoms with Crippen LogP contribution in [-0.2, 0) is 13.1 Å². The van der Waals surface area contributed by atoms with Crippen molar-refractivity contribution in [2.45, 2.75) is 33.4 Å². The van der Waals surface area contributed by atoms with E-state index in [2.05, 4.69) is 51.3 Å². The summed E-state index contributed by atoms with van der Waals surface area (Å²) in [6, 6.07) is 8.75. The van der Waals surface area contributed by atoms with E-state index in [0.717, 1.165) is 39.1 Å². The van der Waals surface area contributed by atoms with Crippen LogP contribution in [0.15, 0.2) is 34.9 Å². The predicted molar refractivity (Wildman–Crippen MR) is 101 cm³/mol. The second-order valence-electron chi connectivity index (χ2n) is 6.92. The molecule has 1 aromatic carbocycles. The second kappa shape index (κ2) is 8.96. The average molecular weight is 356 g/mol. The lowest BCUT2D eigenvalue weighted by Gasteiger charge is -2.34. The summed E-state index contributed by atoms with van der Waals surface area (Å²) < 4.78 is 5.47. The van der Waals surface area contributed by atoms with Crippen molar-refractivity contribution >= 4 is 5.91 Å². The molecule has 3 rings (SSSR count). The van der Waals surface area contributed by atoms with E-state index in [1.165, 1.54) is 17.4 Å². The Hall–Kier alpha value is -2.18. The van der Waals surface area contributed by atoms with Gasteiger partial charge in [-0.3, -0.25) is 14.6 Å². The van der Waals surface area contributed by atoms with Crippen LogP contribution in [0.5, 0.6) is 0 Å². The highest BCUT2D eigenvalue weighted by atomic mass is 16.3. The SMILES string of the molecule is CCCNC(=O)c1coc(CN2CCN(Cc3ccc(C)cc3)CC2)n1. The molecule has 0 spiro atoms. The van der Waals surface area contributed by atoms with Gasteiger partial charge in [0.2, 0.25) is 5.89 Å². The van der Waals surface area contributed by atoms with Gasteiger partial charge in [0.1, 0.15) is 6.26 Å². The van der Waals surface area contributed by atoms with E-state index in [-0.39, 0.29) is 5.91 Å². The number of oxazole rings is 1. The normalized spacial score (nSPS) is 15.9. The molecule has 6 nitrogen and oxygen atoms in total. The summed E-state index contributed by atoms with van der Waals surface area (Å²) in [5.41, 5.74) is 3.03. The maximum Gasteiger partial charge on any atom is 0.273 e. The molecule has 0 saturated carbocycles. The Morgan fingerprint density at radius 3 is 2.42 bits per heavy atom. The van der Waals surface area contributed by atoms with Crippen molar-refractivity contribution in [3.8, 4) is 0 Å². The van der Waals surface area contributed by atoms with Crippen LogP contribution in [-0.4, -0.2) is 53.4 Å². The first-order valence-electron chi connectivity index (χ1n) is 9.37. The number of aryl methyl sites for hydroxylation is 1. The summed E-state index contributed by atoms with van der Waals surface area (Å²) >= 11 is 0. The Morgan fingerprint density at radius 1 is 1.12 bits per heavy atom. The molecule has 1 saturated heterocycles. The van der Waals surface area contributed by atoms with Crippen molar-refractivity contribution in [3.05, 3.63) is 53.2 Å². The smallest absolute Gasteiger partial charge is 0.273 e. The minimum atomic E-state index is -0.162. The molecule has 0 atom stereocenters. The van der Waals surface area contributed by atoms with Gasteiger partial charge >= 0.3 is 0 Å². The number of nitrogens with one attached hydrogen (secondary N) is 1. The third-order valence-electron chi connectivity index (χ3n) is 4.67. The third kappa shape index (κ3) is 5.16. The zero-order valence-electron chi connectivity index (χ0n) is 15.7. The summed E-state index contributed by atoms with van der Waals surface area (Å²) in [6.07, 6.45) is 2.36. The fourth-order valence-corrected chi connectivity index (χ4v) is 3.07. The molecule has 26 heavy (non-hydrogen) atoms. The predicted octanol–water partition coefficient (Wildman–Crippen LogP) is 2.44. The maximum atomic E-state index is 11.9. The summed E-state index contributed by atoms with van der Waals surface area (Å²) in [6.45, 7) is 10.4. The van der Waals surface area contributed by atoms with Gasteiger partial charge in [0.15, 0.2) is 5.69 Å². The fourth-order valence-electron chi connectivity index (χ4n) is 3.07. The Morgan fingerprint density at radius 2 is 1.77 bits per heavy atom. The van der Waals surface area contributed by atoms with Crippen LogP contribution < -0.4 is 5.32 Å². The van der Waals surface area contributed by atoms with Crippen LogP contribution >= 0.6 is 0 Å². The monoisotopic (exact) mass is 356 g/mol. The van der Waals surface area contributed by atoms with Gasteiger partial charge in [-0.05, 0) is 18.9 Å². The third-order valence-corrected chi connectivity index (χ3v) is 4.67. The molecular formula is C20H28N4O2. The van der Waals surface area contributed by atoms with E-state index in [9.17, 15) is 4.79 Å². The Labute approximate surface area is 155 Å². The number of hydrogen-bond donors (Lipinski definition) is 1. The summed E-state index contributed by atoms with van der Waals surface area (Å²) in [7, 11) is 0. The Balaban J connectivity index is 1.44. The highest BCUT2D eigenvalue weighted by Crippen LogP contribution is 2.12. The minimum absolute atomic E-state index is 0.162. The summed E-state index contributed by atoms with van der Waals surface area (Å²) in [5, 5.41) is 2.82. The van der Waals surface area contributed by atoms with Crippen molar-refractivity contribution in [1.29, 1.82) is 0 Å². The molecule has 6 heteroatoms. The van der Waals surface area contributed by atoms with Gasteiger partial charge in [-0.25, -0.2) is 4.98 Å². The number of carbonyl (C=O) groups is 1. The van der Waals surface area contributed by atoms with Crippen molar-refractivity contribution < 1.29 is 9.21 Å². The van der Waals surface area contributed by atoms with E-state index in [0.29, 0.717) is 24.7 Å². The number of nitrogens with zero attached hydrogens (tertiary/aromatic N) is 3. The number of carbonyl (C=O) groups excluding carboxylic acids is 1. The Bertz CT molecular complexity index is 703. The lowest BCUT2D eigenvalue weighted by Crippen LogP contribution is -2.45. The van der Waals surface area contributed by atoms with Crippen LogP contribution in [0.4, 0.5) is 0 Å². The number of amides is 1. The van der Waals surface area contributed by atoms with Crippen molar-refractivity contribution in [2.24, 2.45) is 0 Å². The van der Waals surface area contributed by atoms with Gasteiger partial charge in [0.05, 0.1) is 6.54 Å². The van der Waals surface area contributed by atoms with Crippen molar-refractivity contribution in [2.75, 3.05) is 32.7 Å². The first kappa shape index (κ1) is 18.6. The topological polar surface area (TPSA) is 61.6 Å². The van der Waals surface area contributed by atoms with Crippen LogP contribution in [0.1, 0.15) is 40.9 Å². The lowest BCUT2D eigenvalue weighted by molar-refractivity contribution is 0.0948. The molecule has 1 fully saturated rings. The molecule has 0 aliphatic carbocycles. The molecule has 1 aliphatic rings. The summed E-state index contributed by atoms with van der Waals surface area (Å²) in [5.74, 6) is 0.448. The molecule has 1 aliphatic heterocycles. The number of rotatable bonds is 7. The van der Waals surface area contributed by atoms with Gasteiger partial charge in [-0.2, -0.15) is 0 Å². The van der Waals surface area contributed by atoms with Crippen molar-refractivity contribution in [3.63, 3.8) is 0 Å². The first-order valence-corrected chi connectivity index (χ1v) is 9.37. The van der Waals surface area contributed by atoms with E-state index in [4.69, 9.17) is 4.42 Å². The molecule has 0 unspecified atom stereocenters. The second-order valence-corrected chi connectivity index (χ2v) is 6.92. The molecular weight excluding hydrogens is 328 g/mol. The molecule has 2 heterocycles. The highest BCUT2D eigenvalue weighted by molar-refractivity contribution is 5.91. The average Bonchev–Trinajstić information content (AvgIpc) is 3.12. The first-order chi connectivity index (χ1) is 12.6. The van der Waals surface area contributed by atoms with Crippen LogP contribution in [0.3, 0.4) is 0 Å². The van der Waals surface area contributed by atoms with E-state index in [1.807, 2.05) is 6.92 Å². The van der Waals surface area contributed by atoms with Crippen LogP contribution in [0.25, 0.3) is 0 Å². The number of hydrogen-bond acceptors (Lipinski definition) is 5. The molecule has 0 radical (unpaired) electrons. The number of piperazine rings is 1. The highest BCUT2D eigenvalue weighted by Gasteiger charge is 2.19.